The van der Waals surface area contributed by atoms with E-state index in [0.717, 1.165) is 58.6 Å². The molecule has 3 aromatic rings. The molecule has 4 unspecified atom stereocenters. The Hall–Kier alpha value is -2.59. The number of unbranched alkanes of at least 4 members (excludes halogenated alkanes) is 2. The van der Waals surface area contributed by atoms with Crippen molar-refractivity contribution in [1.29, 1.82) is 0 Å². The van der Waals surface area contributed by atoms with Gasteiger partial charge in [0.25, 0.3) is 0 Å². The summed E-state index contributed by atoms with van der Waals surface area (Å²) >= 11 is 0. The summed E-state index contributed by atoms with van der Waals surface area (Å²) < 4.78 is 12.4. The van der Waals surface area contributed by atoms with Gasteiger partial charge in [-0.25, -0.2) is 0 Å². The fraction of sp³-hybridized carbons (Fsp3) is 0.611. The van der Waals surface area contributed by atoms with Crippen LogP contribution in [0.2, 0.25) is 12.1 Å². The quantitative estimate of drug-likeness (QED) is 0.0813. The fourth-order valence-corrected chi connectivity index (χ4v) is 6.88. The molecule has 0 aliphatic rings. The van der Waals surface area contributed by atoms with Crippen LogP contribution < -0.4 is 8.85 Å². The van der Waals surface area contributed by atoms with Crippen molar-refractivity contribution in [2.24, 2.45) is 23.7 Å². The predicted octanol–water partition coefficient (Wildman–Crippen LogP) is 9.92. The second kappa shape index (κ2) is 20.4. The lowest BCUT2D eigenvalue weighted by atomic mass is 9.88. The van der Waals surface area contributed by atoms with Gasteiger partial charge >= 0.3 is 19.5 Å². The van der Waals surface area contributed by atoms with Crippen LogP contribution in [0.1, 0.15) is 106 Å². The van der Waals surface area contributed by atoms with E-state index in [0.29, 0.717) is 30.9 Å². The topological polar surface area (TPSA) is 70.0 Å². The molecule has 4 atom stereocenters. The van der Waals surface area contributed by atoms with Gasteiger partial charge < -0.3 is 8.85 Å². The Balaban J connectivity index is 1.51. The molecule has 3 rings (SSSR count). The molecule has 3 aromatic heterocycles. The van der Waals surface area contributed by atoms with E-state index in [1.807, 2.05) is 24.3 Å². The van der Waals surface area contributed by atoms with E-state index in [1.165, 1.54) is 64.2 Å². The van der Waals surface area contributed by atoms with Crippen LogP contribution in [-0.2, 0) is 0 Å². The van der Waals surface area contributed by atoms with Gasteiger partial charge in [0.15, 0.2) is 0 Å². The highest BCUT2D eigenvalue weighted by atomic mass is 28.2. The van der Waals surface area contributed by atoms with Gasteiger partial charge in [-0.3, -0.25) is 19.9 Å². The van der Waals surface area contributed by atoms with Gasteiger partial charge in [-0.05, 0) is 60.0 Å². The second-order valence-electron chi connectivity index (χ2n) is 12.5. The lowest BCUT2D eigenvalue weighted by Gasteiger charge is -2.19. The molecule has 0 amide bonds. The molecule has 0 aromatic carbocycles. The maximum Gasteiger partial charge on any atom is 0.310 e. The summed E-state index contributed by atoms with van der Waals surface area (Å²) in [6.07, 6.45) is 19.9. The molecule has 0 spiro atoms. The molecule has 4 radical (unpaired) electrons. The molecule has 44 heavy (non-hydrogen) atoms. The van der Waals surface area contributed by atoms with Crippen molar-refractivity contribution in [2.75, 3.05) is 0 Å². The average Bonchev–Trinajstić information content (AvgIpc) is 3.06. The number of nitrogens with zero attached hydrogens (tertiary/aromatic N) is 4. The maximum absolute atomic E-state index is 6.21. The molecule has 0 N–H and O–H groups in total. The normalized spacial score (nSPS) is 14.1. The highest BCUT2D eigenvalue weighted by molar-refractivity contribution is 6.28. The van der Waals surface area contributed by atoms with Crippen molar-refractivity contribution in [1.82, 2.24) is 19.9 Å². The van der Waals surface area contributed by atoms with Gasteiger partial charge in [-0.15, -0.1) is 0 Å². The van der Waals surface area contributed by atoms with E-state index in [-0.39, 0.29) is 0 Å². The minimum absolute atomic E-state index is 0.400. The summed E-state index contributed by atoms with van der Waals surface area (Å²) in [4.78, 5) is 18.6. The van der Waals surface area contributed by atoms with E-state index in [4.69, 9.17) is 18.8 Å². The van der Waals surface area contributed by atoms with Gasteiger partial charge in [0.1, 0.15) is 34.3 Å². The smallest absolute Gasteiger partial charge is 0.310 e. The van der Waals surface area contributed by atoms with Crippen LogP contribution in [0.4, 0.5) is 0 Å². The Morgan fingerprint density at radius 3 is 1.32 bits per heavy atom. The van der Waals surface area contributed by atoms with Crippen molar-refractivity contribution >= 4 is 19.5 Å². The third-order valence-electron chi connectivity index (χ3n) is 8.89. The van der Waals surface area contributed by atoms with E-state index >= 15 is 0 Å². The minimum atomic E-state index is 0.400. The number of hydrogen-bond donors (Lipinski definition) is 0. The zero-order valence-corrected chi connectivity index (χ0v) is 30.0. The predicted molar refractivity (Wildman–Crippen MR) is 185 cm³/mol. The molecule has 0 bridgehead atoms. The van der Waals surface area contributed by atoms with Crippen molar-refractivity contribution in [3.05, 3.63) is 49.1 Å². The first-order chi connectivity index (χ1) is 21.4. The molecule has 0 saturated carbocycles. The number of aromatic nitrogens is 4. The Morgan fingerprint density at radius 1 is 0.568 bits per heavy atom. The zero-order valence-electron chi connectivity index (χ0n) is 28.0. The molecular weight excluding hydrogens is 577 g/mol. The monoisotopic (exact) mass is 630 g/mol. The summed E-state index contributed by atoms with van der Waals surface area (Å²) in [5, 5.41) is 0. The second-order valence-corrected chi connectivity index (χ2v) is 14.4. The van der Waals surface area contributed by atoms with Gasteiger partial charge in [0.05, 0.1) is 12.4 Å². The van der Waals surface area contributed by atoms with Gasteiger partial charge in [-0.1, -0.05) is 106 Å². The van der Waals surface area contributed by atoms with Crippen molar-refractivity contribution in [2.45, 2.75) is 118 Å². The Morgan fingerprint density at radius 2 is 0.955 bits per heavy atom. The first kappa shape index (κ1) is 35.9. The maximum atomic E-state index is 6.21. The summed E-state index contributed by atoms with van der Waals surface area (Å²) in [5.74, 6) is 4.63. The highest BCUT2D eigenvalue weighted by Gasteiger charge is 2.16. The minimum Gasteiger partial charge on any atom is -0.539 e. The van der Waals surface area contributed by atoms with Crippen molar-refractivity contribution in [3.8, 4) is 34.3 Å². The van der Waals surface area contributed by atoms with E-state index in [9.17, 15) is 0 Å². The van der Waals surface area contributed by atoms with Crippen LogP contribution in [0.15, 0.2) is 49.1 Å². The number of rotatable bonds is 22. The van der Waals surface area contributed by atoms with Crippen LogP contribution in [0.5, 0.6) is 11.5 Å². The van der Waals surface area contributed by atoms with Crippen LogP contribution in [0.3, 0.4) is 0 Å². The fourth-order valence-electron chi connectivity index (χ4n) is 5.34. The molecule has 8 heteroatoms. The first-order valence-electron chi connectivity index (χ1n) is 17.0. The Bertz CT molecular complexity index is 1100. The van der Waals surface area contributed by atoms with Crippen LogP contribution in [0, 0.1) is 23.7 Å². The summed E-state index contributed by atoms with van der Waals surface area (Å²) in [5.41, 5.74) is 2.82. The lowest BCUT2D eigenvalue weighted by Crippen LogP contribution is -2.10. The van der Waals surface area contributed by atoms with Crippen LogP contribution in [0.25, 0.3) is 22.8 Å². The molecule has 3 heterocycles. The van der Waals surface area contributed by atoms with E-state index in [2.05, 4.69) is 51.5 Å². The molecule has 0 aliphatic carbocycles. The molecule has 238 valence electrons. The van der Waals surface area contributed by atoms with Crippen molar-refractivity contribution in [3.63, 3.8) is 0 Å². The Labute approximate surface area is 272 Å². The molecule has 0 aliphatic heterocycles. The largest absolute Gasteiger partial charge is 0.539 e. The highest BCUT2D eigenvalue weighted by Crippen LogP contribution is 2.30. The van der Waals surface area contributed by atoms with Crippen LogP contribution >= 0.6 is 0 Å². The summed E-state index contributed by atoms with van der Waals surface area (Å²) in [6.45, 7) is 14.1. The van der Waals surface area contributed by atoms with Crippen LogP contribution in [-0.4, -0.2) is 39.5 Å². The lowest BCUT2D eigenvalue weighted by molar-refractivity contribution is 0.333. The average molecular weight is 631 g/mol. The number of pyridine rings is 2. The summed E-state index contributed by atoms with van der Waals surface area (Å²) in [7, 11) is 0.801. The van der Waals surface area contributed by atoms with Gasteiger partial charge in [-0.2, -0.15) is 0 Å². The third kappa shape index (κ3) is 12.1. The standard InChI is InChI=1S/C36H54N4O2Si2/c1-7-9-15-27(3)29(5)17-13-23-43-41-33-19-11-21-37-35(33)31-25-40-32(26-39-31)36-34(20-12-22-38-36)42-44-24-14-18-30(6)28(4)16-10-8-2/h11-12,19-22,25-30H,7-10,13-18,23-24H2,1-6H3. The third-order valence-corrected chi connectivity index (χ3v) is 10.7. The van der Waals surface area contributed by atoms with E-state index < -0.39 is 0 Å². The van der Waals surface area contributed by atoms with Gasteiger partial charge in [0, 0.05) is 12.4 Å². The molecule has 0 saturated heterocycles. The molecular formula is C36H54N4O2Si2. The summed E-state index contributed by atoms with van der Waals surface area (Å²) in [6, 6.07) is 9.88. The SMILES string of the molecule is CCCCC(C)C(C)CCC[Si]Oc1cccnc1-c1cnc(-c2ncccc2O[Si]CCCC(C)C(C)CCCC)cn1. The number of hydrogen-bond acceptors (Lipinski definition) is 6. The van der Waals surface area contributed by atoms with E-state index in [1.54, 1.807) is 24.8 Å². The van der Waals surface area contributed by atoms with Gasteiger partial charge in [0.2, 0.25) is 0 Å². The first-order valence-corrected chi connectivity index (χ1v) is 19.2. The molecule has 0 fully saturated rings. The molecule has 6 nitrogen and oxygen atoms in total. The van der Waals surface area contributed by atoms with Crippen molar-refractivity contribution < 1.29 is 8.85 Å². The zero-order chi connectivity index (χ0) is 31.6. The Kier molecular flexibility index (Phi) is 16.7.